The van der Waals surface area contributed by atoms with Gasteiger partial charge in [0.1, 0.15) is 0 Å². The maximum Gasteiger partial charge on any atom is 0.257 e. The van der Waals surface area contributed by atoms with E-state index in [4.69, 9.17) is 26.1 Å². The molecule has 2 aromatic carbocycles. The average molecular weight is 434 g/mol. The number of carbonyl (C=O) groups excluding carboxylic acids is 1. The third kappa shape index (κ3) is 4.46. The summed E-state index contributed by atoms with van der Waals surface area (Å²) in [6, 6.07) is 15.8. The molecule has 0 saturated carbocycles. The third-order valence-corrected chi connectivity index (χ3v) is 4.61. The van der Waals surface area contributed by atoms with E-state index in [0.29, 0.717) is 39.9 Å². The quantitative estimate of drug-likeness (QED) is 0.454. The molecular weight excluding hydrogens is 416 g/mol. The molecule has 2 N–H and O–H groups in total. The number of oxazole rings is 1. The number of carbonyl (C=O) groups is 1. The SMILES string of the molecule is COc1ccc(C(=O)NC(=S)Nc2cccc(-c3nc4ncccc4o3)c2)cc1OC. The van der Waals surface area contributed by atoms with Crippen molar-refractivity contribution < 1.29 is 18.7 Å². The standard InChI is InChI=1S/C22H18N4O4S/c1-28-16-9-8-13(12-18(16)29-2)20(27)26-22(31)24-15-6-3-5-14(11-15)21-25-19-17(30-21)7-4-10-23-19/h3-12H,1-2H3,(H2,24,26,27,31). The van der Waals surface area contributed by atoms with Gasteiger partial charge >= 0.3 is 0 Å². The number of pyridine rings is 1. The molecule has 0 aliphatic rings. The molecule has 0 aliphatic carbocycles. The van der Waals surface area contributed by atoms with Crippen LogP contribution >= 0.6 is 12.2 Å². The number of amides is 1. The lowest BCUT2D eigenvalue weighted by atomic mass is 10.2. The van der Waals surface area contributed by atoms with E-state index in [1.54, 1.807) is 36.5 Å². The van der Waals surface area contributed by atoms with Crippen molar-refractivity contribution in [3.8, 4) is 23.0 Å². The summed E-state index contributed by atoms with van der Waals surface area (Å²) in [6.45, 7) is 0. The Kier molecular flexibility index (Phi) is 5.76. The third-order valence-electron chi connectivity index (χ3n) is 4.41. The number of hydrogen-bond donors (Lipinski definition) is 2. The summed E-state index contributed by atoms with van der Waals surface area (Å²) in [6.07, 6.45) is 1.66. The highest BCUT2D eigenvalue weighted by molar-refractivity contribution is 7.80. The summed E-state index contributed by atoms with van der Waals surface area (Å²) >= 11 is 5.29. The summed E-state index contributed by atoms with van der Waals surface area (Å²) < 4.78 is 16.2. The van der Waals surface area contributed by atoms with Gasteiger partial charge in [0.2, 0.25) is 5.89 Å². The second-order valence-electron chi connectivity index (χ2n) is 6.40. The van der Waals surface area contributed by atoms with E-state index < -0.39 is 0 Å². The van der Waals surface area contributed by atoms with Crippen LogP contribution in [0.25, 0.3) is 22.7 Å². The minimum absolute atomic E-state index is 0.149. The van der Waals surface area contributed by atoms with Gasteiger partial charge in [-0.15, -0.1) is 0 Å². The van der Waals surface area contributed by atoms with Gasteiger partial charge in [-0.3, -0.25) is 10.1 Å². The Morgan fingerprint density at radius 1 is 1.03 bits per heavy atom. The lowest BCUT2D eigenvalue weighted by Crippen LogP contribution is -2.34. The van der Waals surface area contributed by atoms with Crippen LogP contribution in [0.1, 0.15) is 10.4 Å². The number of nitrogens with zero attached hydrogens (tertiary/aromatic N) is 2. The van der Waals surface area contributed by atoms with E-state index >= 15 is 0 Å². The van der Waals surface area contributed by atoms with Crippen molar-refractivity contribution in [1.29, 1.82) is 0 Å². The van der Waals surface area contributed by atoms with Crippen LogP contribution in [-0.4, -0.2) is 35.2 Å². The largest absolute Gasteiger partial charge is 0.493 e. The topological polar surface area (TPSA) is 98.5 Å². The smallest absolute Gasteiger partial charge is 0.257 e. The number of fused-ring (bicyclic) bond motifs is 1. The highest BCUT2D eigenvalue weighted by Crippen LogP contribution is 2.28. The van der Waals surface area contributed by atoms with Crippen LogP contribution in [-0.2, 0) is 0 Å². The highest BCUT2D eigenvalue weighted by Gasteiger charge is 2.13. The summed E-state index contributed by atoms with van der Waals surface area (Å²) in [5.41, 5.74) is 2.94. The molecule has 8 nitrogen and oxygen atoms in total. The second-order valence-corrected chi connectivity index (χ2v) is 6.81. The molecule has 0 saturated heterocycles. The first kappa shape index (κ1) is 20.3. The fraction of sp³-hybridized carbons (Fsp3) is 0.0909. The minimum atomic E-state index is -0.375. The summed E-state index contributed by atoms with van der Waals surface area (Å²) in [4.78, 5) is 21.1. The fourth-order valence-electron chi connectivity index (χ4n) is 2.94. The molecular formula is C22H18N4O4S. The zero-order valence-electron chi connectivity index (χ0n) is 16.7. The average Bonchev–Trinajstić information content (AvgIpc) is 3.23. The lowest BCUT2D eigenvalue weighted by molar-refractivity contribution is 0.0977. The van der Waals surface area contributed by atoms with Crippen LogP contribution in [0.5, 0.6) is 11.5 Å². The van der Waals surface area contributed by atoms with Crippen LogP contribution in [0, 0.1) is 0 Å². The summed E-state index contributed by atoms with van der Waals surface area (Å²) in [7, 11) is 3.04. The normalized spacial score (nSPS) is 10.5. The van der Waals surface area contributed by atoms with Crippen LogP contribution in [0.3, 0.4) is 0 Å². The van der Waals surface area contributed by atoms with Crippen molar-refractivity contribution in [2.45, 2.75) is 0 Å². The Morgan fingerprint density at radius 3 is 2.65 bits per heavy atom. The van der Waals surface area contributed by atoms with E-state index in [0.717, 1.165) is 5.56 Å². The van der Waals surface area contributed by atoms with Gasteiger partial charge in [0.15, 0.2) is 27.8 Å². The lowest BCUT2D eigenvalue weighted by Gasteiger charge is -2.12. The Bertz CT molecular complexity index is 1240. The molecule has 0 fully saturated rings. The van der Waals surface area contributed by atoms with Crippen LogP contribution < -0.4 is 20.1 Å². The first-order valence-electron chi connectivity index (χ1n) is 9.24. The second kappa shape index (κ2) is 8.80. The Labute approximate surface area is 183 Å². The Balaban J connectivity index is 1.46. The predicted octanol–water partition coefficient (Wildman–Crippen LogP) is 4.03. The van der Waals surface area contributed by atoms with Crippen LogP contribution in [0.2, 0.25) is 0 Å². The number of thiocarbonyl (C=S) groups is 1. The highest BCUT2D eigenvalue weighted by atomic mass is 32.1. The van der Waals surface area contributed by atoms with Crippen molar-refractivity contribution in [1.82, 2.24) is 15.3 Å². The number of rotatable bonds is 5. The van der Waals surface area contributed by atoms with Gasteiger partial charge in [-0.05, 0) is 60.7 Å². The fourth-order valence-corrected chi connectivity index (χ4v) is 3.15. The van der Waals surface area contributed by atoms with Gasteiger partial charge in [0.25, 0.3) is 5.91 Å². The maximum absolute atomic E-state index is 12.5. The van der Waals surface area contributed by atoms with Crippen molar-refractivity contribution in [3.05, 3.63) is 66.4 Å². The van der Waals surface area contributed by atoms with Crippen molar-refractivity contribution >= 4 is 40.2 Å². The van der Waals surface area contributed by atoms with Crippen LogP contribution in [0.4, 0.5) is 5.69 Å². The Hall–Kier alpha value is -3.98. The van der Waals surface area contributed by atoms with E-state index in [1.807, 2.05) is 24.3 Å². The number of anilines is 1. The zero-order valence-corrected chi connectivity index (χ0v) is 17.5. The van der Waals surface area contributed by atoms with E-state index in [-0.39, 0.29) is 11.0 Å². The maximum atomic E-state index is 12.5. The number of hydrogen-bond acceptors (Lipinski definition) is 7. The number of ether oxygens (including phenoxy) is 2. The molecule has 0 atom stereocenters. The molecule has 31 heavy (non-hydrogen) atoms. The minimum Gasteiger partial charge on any atom is -0.493 e. The van der Waals surface area contributed by atoms with Crippen LogP contribution in [0.15, 0.2) is 65.2 Å². The molecule has 0 radical (unpaired) electrons. The molecule has 1 amide bonds. The van der Waals surface area contributed by atoms with Gasteiger partial charge in [0.05, 0.1) is 14.2 Å². The molecule has 0 unspecified atom stereocenters. The first-order chi connectivity index (χ1) is 15.1. The van der Waals surface area contributed by atoms with E-state index in [2.05, 4.69) is 20.6 Å². The molecule has 2 aromatic heterocycles. The van der Waals surface area contributed by atoms with Crippen molar-refractivity contribution in [2.24, 2.45) is 0 Å². The van der Waals surface area contributed by atoms with E-state index in [9.17, 15) is 4.79 Å². The predicted molar refractivity (Wildman–Crippen MR) is 120 cm³/mol. The Morgan fingerprint density at radius 2 is 1.87 bits per heavy atom. The van der Waals surface area contributed by atoms with Gasteiger partial charge in [0, 0.05) is 23.0 Å². The molecule has 0 spiro atoms. The van der Waals surface area contributed by atoms with Gasteiger partial charge in [-0.25, -0.2) is 4.98 Å². The van der Waals surface area contributed by atoms with Crippen molar-refractivity contribution in [2.75, 3.05) is 19.5 Å². The molecule has 4 rings (SSSR count). The number of benzene rings is 2. The van der Waals surface area contributed by atoms with Crippen molar-refractivity contribution in [3.63, 3.8) is 0 Å². The van der Waals surface area contributed by atoms with Gasteiger partial charge in [-0.2, -0.15) is 4.98 Å². The number of methoxy groups -OCH3 is 2. The molecule has 9 heteroatoms. The monoisotopic (exact) mass is 434 g/mol. The number of aromatic nitrogens is 2. The first-order valence-corrected chi connectivity index (χ1v) is 9.64. The molecule has 0 bridgehead atoms. The molecule has 0 aliphatic heterocycles. The molecule has 4 aromatic rings. The summed E-state index contributed by atoms with van der Waals surface area (Å²) in [5, 5.41) is 5.80. The number of nitrogens with one attached hydrogen (secondary N) is 2. The van der Waals surface area contributed by atoms with Gasteiger partial charge in [-0.1, -0.05) is 6.07 Å². The zero-order chi connectivity index (χ0) is 21.8. The molecule has 2 heterocycles. The summed E-state index contributed by atoms with van der Waals surface area (Å²) in [5.74, 6) is 1.05. The van der Waals surface area contributed by atoms with Gasteiger partial charge < -0.3 is 19.2 Å². The van der Waals surface area contributed by atoms with E-state index in [1.165, 1.54) is 14.2 Å². The molecule has 156 valence electrons.